The minimum absolute atomic E-state index is 0.0647. The molecular formula is C17H26N2O3S. The van der Waals surface area contributed by atoms with Crippen LogP contribution in [0.3, 0.4) is 0 Å². The van der Waals surface area contributed by atoms with Gasteiger partial charge in [-0.15, -0.1) is 0 Å². The quantitative estimate of drug-likeness (QED) is 0.822. The lowest BCUT2D eigenvalue weighted by molar-refractivity contribution is -0.127. The second-order valence-corrected chi connectivity index (χ2v) is 8.46. The van der Waals surface area contributed by atoms with Crippen molar-refractivity contribution >= 4 is 15.7 Å². The molecule has 1 N–H and O–H groups in total. The summed E-state index contributed by atoms with van der Waals surface area (Å²) in [6, 6.07) is 8.18. The third kappa shape index (κ3) is 4.78. The Labute approximate surface area is 139 Å². The normalized spacial score (nSPS) is 17.3. The smallest absolute Gasteiger partial charge is 0.237 e. The average molecular weight is 338 g/mol. The van der Waals surface area contributed by atoms with E-state index in [1.807, 2.05) is 13.8 Å². The average Bonchev–Trinajstić information content (AvgIpc) is 3.01. The first-order chi connectivity index (χ1) is 10.9. The molecule has 1 atom stereocenters. The van der Waals surface area contributed by atoms with Crippen molar-refractivity contribution < 1.29 is 13.2 Å². The van der Waals surface area contributed by atoms with Crippen molar-refractivity contribution in [2.45, 2.75) is 37.6 Å². The summed E-state index contributed by atoms with van der Waals surface area (Å²) in [5, 5.41) is 2.81. The molecule has 23 heavy (non-hydrogen) atoms. The zero-order valence-electron chi connectivity index (χ0n) is 13.9. The molecule has 0 radical (unpaired) electrons. The molecule has 1 saturated heterocycles. The Balaban J connectivity index is 1.90. The molecule has 1 amide bonds. The van der Waals surface area contributed by atoms with Gasteiger partial charge in [0.2, 0.25) is 5.91 Å². The highest BCUT2D eigenvalue weighted by atomic mass is 32.2. The van der Waals surface area contributed by atoms with Gasteiger partial charge in [-0.1, -0.05) is 32.0 Å². The molecule has 5 nitrogen and oxygen atoms in total. The predicted molar refractivity (Wildman–Crippen MR) is 90.9 cm³/mol. The highest BCUT2D eigenvalue weighted by molar-refractivity contribution is 7.91. The van der Waals surface area contributed by atoms with Gasteiger partial charge in [-0.05, 0) is 44.0 Å². The minimum atomic E-state index is -3.35. The molecule has 6 heteroatoms. The number of rotatable bonds is 7. The standard InChI is InChI=1S/C17H26N2O3S/c1-14(2)16(19-11-6-7-12-19)17(20)18-10-13-23(21,22)15-8-4-3-5-9-15/h3-5,8-9,14,16H,6-7,10-13H2,1-2H3,(H,18,20)/t16-/m0/s1. The molecule has 1 aliphatic rings. The van der Waals surface area contributed by atoms with Gasteiger partial charge >= 0.3 is 0 Å². The SMILES string of the molecule is CC(C)[C@@H](C(=O)NCCS(=O)(=O)c1ccccc1)N1CCCC1. The number of benzene rings is 1. The van der Waals surface area contributed by atoms with E-state index >= 15 is 0 Å². The van der Waals surface area contributed by atoms with E-state index in [9.17, 15) is 13.2 Å². The zero-order valence-corrected chi connectivity index (χ0v) is 14.7. The lowest BCUT2D eigenvalue weighted by Gasteiger charge is -2.29. The summed E-state index contributed by atoms with van der Waals surface area (Å²) in [6.45, 7) is 6.09. The summed E-state index contributed by atoms with van der Waals surface area (Å²) in [5.74, 6) is 0.0668. The molecule has 2 rings (SSSR count). The van der Waals surface area contributed by atoms with Gasteiger partial charge < -0.3 is 5.32 Å². The first kappa shape index (κ1) is 17.9. The van der Waals surface area contributed by atoms with Crippen LogP contribution >= 0.6 is 0 Å². The number of carbonyl (C=O) groups is 1. The number of sulfone groups is 1. The summed E-state index contributed by atoms with van der Waals surface area (Å²) in [5.41, 5.74) is 0. The van der Waals surface area contributed by atoms with Gasteiger partial charge in [0.15, 0.2) is 9.84 Å². The highest BCUT2D eigenvalue weighted by Crippen LogP contribution is 2.18. The number of hydrogen-bond acceptors (Lipinski definition) is 4. The van der Waals surface area contributed by atoms with E-state index < -0.39 is 9.84 Å². The zero-order chi connectivity index (χ0) is 16.9. The van der Waals surface area contributed by atoms with Gasteiger partial charge in [0.25, 0.3) is 0 Å². The van der Waals surface area contributed by atoms with Crippen molar-refractivity contribution in [3.05, 3.63) is 30.3 Å². The van der Waals surface area contributed by atoms with Crippen molar-refractivity contribution in [3.8, 4) is 0 Å². The van der Waals surface area contributed by atoms with E-state index in [2.05, 4.69) is 10.2 Å². The molecule has 0 aliphatic carbocycles. The first-order valence-corrected chi connectivity index (χ1v) is 9.86. The highest BCUT2D eigenvalue weighted by Gasteiger charge is 2.30. The van der Waals surface area contributed by atoms with Gasteiger partial charge in [0.1, 0.15) is 0 Å². The van der Waals surface area contributed by atoms with Gasteiger partial charge in [0, 0.05) is 6.54 Å². The number of likely N-dealkylation sites (tertiary alicyclic amines) is 1. The van der Waals surface area contributed by atoms with E-state index in [1.54, 1.807) is 30.3 Å². The van der Waals surface area contributed by atoms with Crippen molar-refractivity contribution in [1.29, 1.82) is 0 Å². The predicted octanol–water partition coefficient (Wildman–Crippen LogP) is 1.70. The molecule has 1 heterocycles. The summed E-state index contributed by atoms with van der Waals surface area (Å²) in [7, 11) is -3.35. The van der Waals surface area contributed by atoms with Gasteiger partial charge in [-0.25, -0.2) is 8.42 Å². The maximum atomic E-state index is 12.4. The van der Waals surface area contributed by atoms with Crippen LogP contribution in [0.25, 0.3) is 0 Å². The summed E-state index contributed by atoms with van der Waals surface area (Å²) in [4.78, 5) is 14.9. The summed E-state index contributed by atoms with van der Waals surface area (Å²) in [6.07, 6.45) is 2.25. The number of nitrogens with zero attached hydrogens (tertiary/aromatic N) is 1. The molecule has 1 aromatic carbocycles. The molecule has 1 aliphatic heterocycles. The fourth-order valence-corrected chi connectivity index (χ4v) is 4.25. The molecule has 128 valence electrons. The number of hydrogen-bond donors (Lipinski definition) is 1. The fourth-order valence-electron chi connectivity index (χ4n) is 3.07. The van der Waals surface area contributed by atoms with Crippen LogP contribution < -0.4 is 5.32 Å². The monoisotopic (exact) mass is 338 g/mol. The maximum absolute atomic E-state index is 12.4. The maximum Gasteiger partial charge on any atom is 0.237 e. The first-order valence-electron chi connectivity index (χ1n) is 8.21. The topological polar surface area (TPSA) is 66.5 Å². The van der Waals surface area contributed by atoms with Crippen LogP contribution in [0.2, 0.25) is 0 Å². The Morgan fingerprint density at radius 2 is 1.78 bits per heavy atom. The lowest BCUT2D eigenvalue weighted by atomic mass is 10.0. The minimum Gasteiger partial charge on any atom is -0.354 e. The Hall–Kier alpha value is -1.40. The van der Waals surface area contributed by atoms with Crippen LogP contribution in [-0.4, -0.2) is 50.7 Å². The van der Waals surface area contributed by atoms with Gasteiger partial charge in [0.05, 0.1) is 16.7 Å². The second-order valence-electron chi connectivity index (χ2n) is 6.35. The van der Waals surface area contributed by atoms with E-state index in [4.69, 9.17) is 0 Å². The van der Waals surface area contributed by atoms with E-state index in [0.717, 1.165) is 25.9 Å². The number of nitrogens with one attached hydrogen (secondary N) is 1. The second kappa shape index (κ2) is 7.93. The molecule has 0 aromatic heterocycles. The Kier molecular flexibility index (Phi) is 6.18. The molecule has 1 fully saturated rings. The fraction of sp³-hybridized carbons (Fsp3) is 0.588. The lowest BCUT2D eigenvalue weighted by Crippen LogP contribution is -2.49. The van der Waals surface area contributed by atoms with Gasteiger partial charge in [-0.2, -0.15) is 0 Å². The van der Waals surface area contributed by atoms with E-state index in [1.165, 1.54) is 0 Å². The van der Waals surface area contributed by atoms with Crippen molar-refractivity contribution in [2.24, 2.45) is 5.92 Å². The molecule has 1 aromatic rings. The van der Waals surface area contributed by atoms with Crippen LogP contribution in [0, 0.1) is 5.92 Å². The Morgan fingerprint density at radius 3 is 2.35 bits per heavy atom. The van der Waals surface area contributed by atoms with Crippen molar-refractivity contribution in [1.82, 2.24) is 10.2 Å². The van der Waals surface area contributed by atoms with Crippen molar-refractivity contribution in [3.63, 3.8) is 0 Å². The third-order valence-electron chi connectivity index (χ3n) is 4.21. The molecule has 0 spiro atoms. The van der Waals surface area contributed by atoms with Crippen molar-refractivity contribution in [2.75, 3.05) is 25.4 Å². The van der Waals surface area contributed by atoms with Crippen LogP contribution in [-0.2, 0) is 14.6 Å². The molecular weight excluding hydrogens is 312 g/mol. The Morgan fingerprint density at radius 1 is 1.17 bits per heavy atom. The summed E-state index contributed by atoms with van der Waals surface area (Å²) >= 11 is 0. The number of amides is 1. The molecule has 0 bridgehead atoms. The van der Waals surface area contributed by atoms with Crippen LogP contribution in [0.5, 0.6) is 0 Å². The molecule has 0 unspecified atom stereocenters. The van der Waals surface area contributed by atoms with Crippen LogP contribution in [0.15, 0.2) is 35.2 Å². The van der Waals surface area contributed by atoms with E-state index in [-0.39, 0.29) is 30.2 Å². The third-order valence-corrected chi connectivity index (χ3v) is 5.94. The summed E-state index contributed by atoms with van der Waals surface area (Å²) < 4.78 is 24.4. The van der Waals surface area contributed by atoms with Crippen LogP contribution in [0.4, 0.5) is 0 Å². The van der Waals surface area contributed by atoms with E-state index in [0.29, 0.717) is 4.90 Å². The molecule has 0 saturated carbocycles. The van der Waals surface area contributed by atoms with Crippen LogP contribution in [0.1, 0.15) is 26.7 Å². The van der Waals surface area contributed by atoms with Gasteiger partial charge in [-0.3, -0.25) is 9.69 Å². The number of carbonyl (C=O) groups excluding carboxylic acids is 1. The largest absolute Gasteiger partial charge is 0.354 e. The Bertz CT molecular complexity index is 608.